The van der Waals surface area contributed by atoms with Crippen molar-refractivity contribution in [3.8, 4) is 0 Å². The molecule has 2 aromatic rings. The molecule has 0 radical (unpaired) electrons. The van der Waals surface area contributed by atoms with Crippen LogP contribution in [-0.2, 0) is 5.75 Å². The van der Waals surface area contributed by atoms with Crippen molar-refractivity contribution in [2.24, 2.45) is 0 Å². The summed E-state index contributed by atoms with van der Waals surface area (Å²) in [6, 6.07) is 6.32. The molecule has 2 rings (SSSR count). The lowest BCUT2D eigenvalue weighted by molar-refractivity contribution is 0.549. The number of nitrogens with zero attached hydrogens (tertiary/aromatic N) is 4. The molecule has 0 fully saturated rings. The van der Waals surface area contributed by atoms with Gasteiger partial charge in [-0.3, -0.25) is 4.98 Å². The van der Waals surface area contributed by atoms with E-state index in [4.69, 9.17) is 0 Å². The van der Waals surface area contributed by atoms with Gasteiger partial charge in [0.05, 0.1) is 5.69 Å². The minimum atomic E-state index is 0.390. The van der Waals surface area contributed by atoms with Crippen molar-refractivity contribution in [2.75, 3.05) is 0 Å². The number of hydrogen-bond acceptors (Lipinski definition) is 4. The Labute approximate surface area is 99.1 Å². The Hall–Kier alpha value is -1.36. The van der Waals surface area contributed by atoms with E-state index in [1.54, 1.807) is 18.1 Å². The van der Waals surface area contributed by atoms with Crippen molar-refractivity contribution < 1.29 is 0 Å². The summed E-state index contributed by atoms with van der Waals surface area (Å²) in [7, 11) is 0. The summed E-state index contributed by atoms with van der Waals surface area (Å²) in [4.78, 5) is 4.27. The Kier molecular flexibility index (Phi) is 3.56. The van der Waals surface area contributed by atoms with E-state index in [0.29, 0.717) is 6.04 Å². The standard InChI is InChI=1S/C11H14N4S/c1-9(2)15-8-13-14-11(15)16-7-10-5-3-4-6-12-10/h3-6,8-9H,7H2,1-2H3. The molecular weight excluding hydrogens is 220 g/mol. The summed E-state index contributed by atoms with van der Waals surface area (Å²) in [5.74, 6) is 0.826. The van der Waals surface area contributed by atoms with Crippen molar-refractivity contribution in [1.29, 1.82) is 0 Å². The number of aromatic nitrogens is 4. The third kappa shape index (κ3) is 2.61. The van der Waals surface area contributed by atoms with E-state index in [-0.39, 0.29) is 0 Å². The first-order valence-corrected chi connectivity index (χ1v) is 6.18. The highest BCUT2D eigenvalue weighted by atomic mass is 32.2. The van der Waals surface area contributed by atoms with Gasteiger partial charge in [-0.25, -0.2) is 0 Å². The average Bonchev–Trinajstić information content (AvgIpc) is 2.76. The Morgan fingerprint density at radius 1 is 1.38 bits per heavy atom. The van der Waals surface area contributed by atoms with E-state index >= 15 is 0 Å². The molecule has 0 saturated carbocycles. The van der Waals surface area contributed by atoms with Crippen LogP contribution >= 0.6 is 11.8 Å². The smallest absolute Gasteiger partial charge is 0.191 e. The van der Waals surface area contributed by atoms with Gasteiger partial charge in [0, 0.05) is 18.0 Å². The lowest BCUT2D eigenvalue weighted by Crippen LogP contribution is -2.01. The zero-order chi connectivity index (χ0) is 11.4. The fourth-order valence-corrected chi connectivity index (χ4v) is 2.27. The average molecular weight is 234 g/mol. The van der Waals surface area contributed by atoms with E-state index < -0.39 is 0 Å². The largest absolute Gasteiger partial charge is 0.306 e. The molecule has 0 atom stereocenters. The summed E-state index contributed by atoms with van der Waals surface area (Å²) in [6.07, 6.45) is 3.58. The van der Waals surface area contributed by atoms with Gasteiger partial charge in [-0.1, -0.05) is 17.8 Å². The molecule has 0 amide bonds. The van der Waals surface area contributed by atoms with Crippen LogP contribution in [0.3, 0.4) is 0 Å². The predicted octanol–water partition coefficient (Wildman–Crippen LogP) is 2.55. The maximum atomic E-state index is 4.27. The second-order valence-corrected chi connectivity index (χ2v) is 4.67. The van der Waals surface area contributed by atoms with Crippen LogP contribution < -0.4 is 0 Å². The highest BCUT2D eigenvalue weighted by Gasteiger charge is 2.07. The summed E-state index contributed by atoms with van der Waals surface area (Å²) in [5.41, 5.74) is 1.06. The monoisotopic (exact) mass is 234 g/mol. The topological polar surface area (TPSA) is 43.6 Å². The number of hydrogen-bond donors (Lipinski definition) is 0. The van der Waals surface area contributed by atoms with Crippen molar-refractivity contribution in [1.82, 2.24) is 19.7 Å². The number of rotatable bonds is 4. The molecule has 0 bridgehead atoms. The zero-order valence-corrected chi connectivity index (χ0v) is 10.2. The van der Waals surface area contributed by atoms with Gasteiger partial charge >= 0.3 is 0 Å². The fraction of sp³-hybridized carbons (Fsp3) is 0.364. The van der Waals surface area contributed by atoms with E-state index in [2.05, 4.69) is 33.6 Å². The van der Waals surface area contributed by atoms with Crippen molar-refractivity contribution >= 4 is 11.8 Å². The first-order chi connectivity index (χ1) is 7.77. The molecule has 5 heteroatoms. The summed E-state index contributed by atoms with van der Waals surface area (Å²) in [6.45, 7) is 4.24. The summed E-state index contributed by atoms with van der Waals surface area (Å²) < 4.78 is 2.06. The van der Waals surface area contributed by atoms with Crippen LogP contribution in [0.5, 0.6) is 0 Å². The van der Waals surface area contributed by atoms with Gasteiger partial charge in [0.25, 0.3) is 0 Å². The van der Waals surface area contributed by atoms with Crippen LogP contribution in [0.15, 0.2) is 35.9 Å². The van der Waals surface area contributed by atoms with Gasteiger partial charge < -0.3 is 4.57 Å². The van der Waals surface area contributed by atoms with Crippen LogP contribution in [0.25, 0.3) is 0 Å². The molecule has 2 aromatic heterocycles. The molecule has 0 unspecified atom stereocenters. The van der Waals surface area contributed by atoms with Crippen molar-refractivity contribution in [3.63, 3.8) is 0 Å². The Morgan fingerprint density at radius 3 is 2.94 bits per heavy atom. The normalized spacial score (nSPS) is 10.9. The minimum absolute atomic E-state index is 0.390. The van der Waals surface area contributed by atoms with Crippen molar-refractivity contribution in [3.05, 3.63) is 36.4 Å². The first kappa shape index (κ1) is 11.1. The lowest BCUT2D eigenvalue weighted by atomic mass is 10.4. The van der Waals surface area contributed by atoms with Gasteiger partial charge in [0.15, 0.2) is 5.16 Å². The van der Waals surface area contributed by atoms with Crippen LogP contribution in [0.1, 0.15) is 25.6 Å². The maximum Gasteiger partial charge on any atom is 0.191 e. The number of pyridine rings is 1. The highest BCUT2D eigenvalue weighted by molar-refractivity contribution is 7.98. The van der Waals surface area contributed by atoms with Gasteiger partial charge in [-0.05, 0) is 26.0 Å². The molecule has 2 heterocycles. The Balaban J connectivity index is 2.02. The van der Waals surface area contributed by atoms with Gasteiger partial charge in [0.1, 0.15) is 6.33 Å². The predicted molar refractivity (Wildman–Crippen MR) is 64.2 cm³/mol. The minimum Gasteiger partial charge on any atom is -0.306 e. The molecule has 0 aliphatic carbocycles. The highest BCUT2D eigenvalue weighted by Crippen LogP contribution is 2.21. The van der Waals surface area contributed by atoms with Crippen LogP contribution in [-0.4, -0.2) is 19.7 Å². The molecule has 0 aliphatic rings. The third-order valence-electron chi connectivity index (χ3n) is 2.17. The van der Waals surface area contributed by atoms with Crippen molar-refractivity contribution in [2.45, 2.75) is 30.8 Å². The lowest BCUT2D eigenvalue weighted by Gasteiger charge is -2.08. The van der Waals surface area contributed by atoms with Gasteiger partial charge in [-0.15, -0.1) is 10.2 Å². The fourth-order valence-electron chi connectivity index (χ4n) is 1.31. The molecule has 0 N–H and O–H groups in total. The molecule has 16 heavy (non-hydrogen) atoms. The zero-order valence-electron chi connectivity index (χ0n) is 9.37. The maximum absolute atomic E-state index is 4.27. The molecule has 0 spiro atoms. The second kappa shape index (κ2) is 5.12. The first-order valence-electron chi connectivity index (χ1n) is 5.19. The van der Waals surface area contributed by atoms with Crippen LogP contribution in [0.4, 0.5) is 0 Å². The molecule has 84 valence electrons. The Morgan fingerprint density at radius 2 is 2.25 bits per heavy atom. The molecular formula is C11H14N4S. The van der Waals surface area contributed by atoms with Crippen LogP contribution in [0, 0.1) is 0 Å². The molecule has 0 saturated heterocycles. The molecule has 0 aromatic carbocycles. The Bertz CT molecular complexity index is 438. The summed E-state index contributed by atoms with van der Waals surface area (Å²) >= 11 is 1.66. The van der Waals surface area contributed by atoms with E-state index in [1.165, 1.54) is 0 Å². The van der Waals surface area contributed by atoms with E-state index in [1.807, 2.05) is 24.4 Å². The van der Waals surface area contributed by atoms with Crippen LogP contribution in [0.2, 0.25) is 0 Å². The van der Waals surface area contributed by atoms with Gasteiger partial charge in [0.2, 0.25) is 0 Å². The quantitative estimate of drug-likeness (QED) is 0.762. The third-order valence-corrected chi connectivity index (χ3v) is 3.16. The second-order valence-electron chi connectivity index (χ2n) is 3.72. The van der Waals surface area contributed by atoms with Gasteiger partial charge in [-0.2, -0.15) is 0 Å². The molecule has 4 nitrogen and oxygen atoms in total. The summed E-state index contributed by atoms with van der Waals surface area (Å²) in [5, 5.41) is 8.97. The van der Waals surface area contributed by atoms with E-state index in [9.17, 15) is 0 Å². The van der Waals surface area contributed by atoms with E-state index in [0.717, 1.165) is 16.6 Å². The number of thioether (sulfide) groups is 1. The molecule has 0 aliphatic heterocycles. The SMILES string of the molecule is CC(C)n1cnnc1SCc1ccccn1.